The number of nitrogens with one attached hydrogen (secondary N) is 1. The molecule has 1 atom stereocenters. The fourth-order valence-electron chi connectivity index (χ4n) is 5.35. The van der Waals surface area contributed by atoms with E-state index in [1.807, 2.05) is 0 Å². The van der Waals surface area contributed by atoms with Gasteiger partial charge in [-0.25, -0.2) is 0 Å². The summed E-state index contributed by atoms with van der Waals surface area (Å²) in [7, 11) is 0. The molecule has 0 saturated carbocycles. The van der Waals surface area contributed by atoms with Crippen molar-refractivity contribution < 1.29 is 54.6 Å². The summed E-state index contributed by atoms with van der Waals surface area (Å²) >= 11 is 0. The Kier molecular flexibility index (Phi) is 14.3. The van der Waals surface area contributed by atoms with E-state index in [1.54, 1.807) is 43.9 Å². The number of hydrogen-bond donors (Lipinski definition) is 7. The molecule has 1 aliphatic heterocycles. The predicted octanol–water partition coefficient (Wildman–Crippen LogP) is 0.221. The number of carbonyl (C=O) groups is 5. The van der Waals surface area contributed by atoms with Crippen LogP contribution in [0.1, 0.15) is 11.1 Å². The number of aromatic hydroxyl groups is 2. The number of carbonyl (C=O) groups excluding carboxylic acids is 1. The van der Waals surface area contributed by atoms with Crippen LogP contribution in [0.2, 0.25) is 0 Å². The second-order valence-corrected chi connectivity index (χ2v) is 11.5. The minimum absolute atomic E-state index is 0.134. The van der Waals surface area contributed by atoms with E-state index in [0.29, 0.717) is 17.7 Å². The van der Waals surface area contributed by atoms with Crippen LogP contribution in [0.15, 0.2) is 48.5 Å². The lowest BCUT2D eigenvalue weighted by molar-refractivity contribution is -0.142. The Morgan fingerprint density at radius 2 is 1.19 bits per heavy atom. The maximum Gasteiger partial charge on any atom is 0.317 e. The number of aliphatic carboxylic acids is 4. The van der Waals surface area contributed by atoms with E-state index in [0.717, 1.165) is 5.56 Å². The van der Waals surface area contributed by atoms with Crippen molar-refractivity contribution in [1.29, 1.82) is 0 Å². The molecular formula is C32H41N5O11. The Labute approximate surface area is 276 Å². The van der Waals surface area contributed by atoms with Crippen LogP contribution >= 0.6 is 0 Å². The van der Waals surface area contributed by atoms with Gasteiger partial charge in [0.05, 0.1) is 26.2 Å². The van der Waals surface area contributed by atoms with Crippen molar-refractivity contribution in [3.8, 4) is 11.5 Å². The van der Waals surface area contributed by atoms with Crippen LogP contribution in [0, 0.1) is 0 Å². The molecule has 0 aliphatic carbocycles. The highest BCUT2D eigenvalue weighted by Gasteiger charge is 2.27. The monoisotopic (exact) mass is 671 g/mol. The number of benzene rings is 2. The molecule has 1 saturated heterocycles. The van der Waals surface area contributed by atoms with Gasteiger partial charge in [-0.05, 0) is 47.9 Å². The molecule has 260 valence electrons. The van der Waals surface area contributed by atoms with Crippen molar-refractivity contribution in [2.45, 2.75) is 12.5 Å². The topological polar surface area (TPSA) is 232 Å². The van der Waals surface area contributed by atoms with E-state index in [1.165, 1.54) is 30.4 Å². The second kappa shape index (κ2) is 18.3. The summed E-state index contributed by atoms with van der Waals surface area (Å²) in [5.74, 6) is -5.41. The highest BCUT2D eigenvalue weighted by molar-refractivity contribution is 6.01. The average molecular weight is 672 g/mol. The molecule has 7 N–H and O–H groups in total. The minimum atomic E-state index is -1.11. The van der Waals surface area contributed by atoms with Crippen molar-refractivity contribution in [2.75, 3.05) is 77.3 Å². The SMILES string of the molecule is O=C(O)CN1CCN(CC(=O)O)CCN(CC(=O)O)C(Cc2ccc(NC(=O)/C=C/c3ccc(O)c(O)c3)cc2)CN(CC(=O)O)CC1. The van der Waals surface area contributed by atoms with Gasteiger partial charge in [-0.3, -0.25) is 43.6 Å². The number of nitrogens with zero attached hydrogens (tertiary/aromatic N) is 4. The lowest BCUT2D eigenvalue weighted by atomic mass is 10.0. The largest absolute Gasteiger partial charge is 0.504 e. The number of amides is 1. The Morgan fingerprint density at radius 3 is 1.73 bits per heavy atom. The molecule has 0 spiro atoms. The van der Waals surface area contributed by atoms with E-state index in [-0.39, 0.29) is 83.5 Å². The maximum absolute atomic E-state index is 12.5. The van der Waals surface area contributed by atoms with E-state index in [2.05, 4.69) is 5.32 Å². The van der Waals surface area contributed by atoms with Gasteiger partial charge in [-0.15, -0.1) is 0 Å². The highest BCUT2D eigenvalue weighted by atomic mass is 16.4. The van der Waals surface area contributed by atoms with Crippen LogP contribution in [-0.2, 0) is 30.4 Å². The van der Waals surface area contributed by atoms with Crippen LogP contribution in [0.3, 0.4) is 0 Å². The summed E-state index contributed by atoms with van der Waals surface area (Å²) in [5, 5.41) is 60.0. The van der Waals surface area contributed by atoms with Crippen LogP contribution < -0.4 is 5.32 Å². The number of anilines is 1. The third kappa shape index (κ3) is 13.4. The summed E-state index contributed by atoms with van der Waals surface area (Å²) in [4.78, 5) is 65.8. The lowest BCUT2D eigenvalue weighted by Gasteiger charge is -2.37. The number of phenols is 2. The number of hydrogen-bond acceptors (Lipinski definition) is 11. The lowest BCUT2D eigenvalue weighted by Crippen LogP contribution is -2.53. The first kappa shape index (κ1) is 37.4. The standard InChI is InChI=1S/C32H41N5O11/c38-26-7-3-23(16-27(26)39)4-8-28(40)33-24-5-1-22(2-6-24)15-25-17-36(20-31(45)46)12-11-34(18-29(41)42)9-10-35(19-30(43)44)13-14-37(25)21-32(47)48/h1-8,16,25,38-39H,9-15,17-21H2,(H,33,40)(H,41,42)(H,43,44)(H,45,46)(H,47,48)/b8-4+. The summed E-state index contributed by atoms with van der Waals surface area (Å²) in [6.45, 7) is -0.0839. The van der Waals surface area contributed by atoms with Crippen molar-refractivity contribution in [3.05, 3.63) is 59.7 Å². The number of rotatable bonds is 13. The third-order valence-electron chi connectivity index (χ3n) is 7.69. The van der Waals surface area contributed by atoms with Crippen molar-refractivity contribution in [2.24, 2.45) is 0 Å². The molecule has 16 heteroatoms. The predicted molar refractivity (Wildman–Crippen MR) is 173 cm³/mol. The molecule has 1 unspecified atom stereocenters. The van der Waals surface area contributed by atoms with Gasteiger partial charge in [0, 0.05) is 63.6 Å². The van der Waals surface area contributed by atoms with Crippen molar-refractivity contribution in [3.63, 3.8) is 0 Å². The van der Waals surface area contributed by atoms with Gasteiger partial charge in [0.25, 0.3) is 0 Å². The Balaban J connectivity index is 1.82. The third-order valence-corrected chi connectivity index (χ3v) is 7.69. The molecule has 2 aromatic rings. The van der Waals surface area contributed by atoms with E-state index < -0.39 is 35.8 Å². The fourth-order valence-corrected chi connectivity index (χ4v) is 5.35. The zero-order valence-corrected chi connectivity index (χ0v) is 26.3. The highest BCUT2D eigenvalue weighted by Crippen LogP contribution is 2.25. The average Bonchev–Trinajstić information content (AvgIpc) is 2.99. The number of carboxylic acid groups (broad SMARTS) is 4. The van der Waals surface area contributed by atoms with Gasteiger partial charge in [0.1, 0.15) is 0 Å². The zero-order valence-electron chi connectivity index (χ0n) is 26.3. The van der Waals surface area contributed by atoms with Crippen LogP contribution in [0.25, 0.3) is 6.08 Å². The summed E-state index contributed by atoms with van der Waals surface area (Å²) in [6.07, 6.45) is 3.02. The minimum Gasteiger partial charge on any atom is -0.504 e. The number of carboxylic acids is 4. The molecule has 0 aromatic heterocycles. The van der Waals surface area contributed by atoms with Gasteiger partial charge < -0.3 is 36.0 Å². The quantitative estimate of drug-likeness (QED) is 0.112. The van der Waals surface area contributed by atoms with Gasteiger partial charge in [0.2, 0.25) is 5.91 Å². The van der Waals surface area contributed by atoms with E-state index >= 15 is 0 Å². The first-order valence-corrected chi connectivity index (χ1v) is 15.2. The van der Waals surface area contributed by atoms with Gasteiger partial charge in [0.15, 0.2) is 11.5 Å². The number of phenolic OH excluding ortho intramolecular Hbond substituents is 2. The molecule has 48 heavy (non-hydrogen) atoms. The van der Waals surface area contributed by atoms with Crippen LogP contribution in [-0.4, -0.2) is 158 Å². The van der Waals surface area contributed by atoms with Crippen molar-refractivity contribution in [1.82, 2.24) is 19.6 Å². The molecule has 1 amide bonds. The summed E-state index contributed by atoms with van der Waals surface area (Å²) in [5.41, 5.74) is 1.73. The molecule has 3 rings (SSSR count). The normalized spacial score (nSPS) is 17.7. The van der Waals surface area contributed by atoms with Crippen molar-refractivity contribution >= 4 is 41.5 Å². The Bertz CT molecular complexity index is 1470. The molecule has 1 fully saturated rings. The smallest absolute Gasteiger partial charge is 0.317 e. The molecule has 2 aromatic carbocycles. The molecular weight excluding hydrogens is 630 g/mol. The first-order chi connectivity index (χ1) is 22.8. The molecule has 0 bridgehead atoms. The molecule has 16 nitrogen and oxygen atoms in total. The summed E-state index contributed by atoms with van der Waals surface area (Å²) in [6, 6.07) is 10.4. The van der Waals surface area contributed by atoms with Crippen LogP contribution in [0.4, 0.5) is 5.69 Å². The first-order valence-electron chi connectivity index (χ1n) is 15.2. The van der Waals surface area contributed by atoms with Gasteiger partial charge >= 0.3 is 23.9 Å². The van der Waals surface area contributed by atoms with Crippen LogP contribution in [0.5, 0.6) is 11.5 Å². The molecule has 1 heterocycles. The van der Waals surface area contributed by atoms with E-state index in [9.17, 15) is 54.6 Å². The Hall–Kier alpha value is -5.03. The maximum atomic E-state index is 12.5. The van der Waals surface area contributed by atoms with Gasteiger partial charge in [-0.1, -0.05) is 18.2 Å². The molecule has 1 aliphatic rings. The Morgan fingerprint density at radius 1 is 0.667 bits per heavy atom. The zero-order chi connectivity index (χ0) is 35.2. The van der Waals surface area contributed by atoms with Gasteiger partial charge in [-0.2, -0.15) is 0 Å². The fraction of sp³-hybridized carbons (Fsp3) is 0.406. The molecule has 0 radical (unpaired) electrons. The van der Waals surface area contributed by atoms with E-state index in [4.69, 9.17) is 0 Å². The summed E-state index contributed by atoms with van der Waals surface area (Å²) < 4.78 is 0. The second-order valence-electron chi connectivity index (χ2n) is 11.5.